The maximum Gasteiger partial charge on any atom is 0.132 e. The zero-order chi connectivity index (χ0) is 17.6. The molecule has 4 aliphatic carbocycles. The monoisotopic (exact) mass is 357 g/mol. The van der Waals surface area contributed by atoms with Crippen molar-refractivity contribution in [3.05, 3.63) is 18.1 Å². The second-order valence-electron chi connectivity index (χ2n) is 9.42. The van der Waals surface area contributed by atoms with Crippen molar-refractivity contribution in [3.63, 3.8) is 0 Å². The van der Waals surface area contributed by atoms with E-state index in [1.807, 2.05) is 0 Å². The fourth-order valence-electron chi connectivity index (χ4n) is 6.81. The number of nitrogens with zero attached hydrogens (tertiary/aromatic N) is 3. The molecule has 5 nitrogen and oxygen atoms in total. The number of hydrogen-bond donors (Lipinski definition) is 1. The van der Waals surface area contributed by atoms with E-state index < -0.39 is 0 Å². The highest BCUT2D eigenvalue weighted by molar-refractivity contribution is 5.40. The zero-order valence-electron chi connectivity index (χ0n) is 15.6. The van der Waals surface area contributed by atoms with Gasteiger partial charge in [0, 0.05) is 31.7 Å². The Bertz CT molecular complexity index is 609. The summed E-state index contributed by atoms with van der Waals surface area (Å²) in [5.74, 6) is 4.25. The van der Waals surface area contributed by atoms with E-state index in [2.05, 4.69) is 20.9 Å². The van der Waals surface area contributed by atoms with Gasteiger partial charge in [0.2, 0.25) is 0 Å². The van der Waals surface area contributed by atoms with Gasteiger partial charge in [-0.1, -0.05) is 0 Å². The van der Waals surface area contributed by atoms with Crippen LogP contribution in [0.2, 0.25) is 0 Å². The summed E-state index contributed by atoms with van der Waals surface area (Å²) in [7, 11) is 0. The molecule has 26 heavy (non-hydrogen) atoms. The van der Waals surface area contributed by atoms with Crippen LogP contribution < -0.4 is 4.90 Å². The van der Waals surface area contributed by atoms with Crippen molar-refractivity contribution < 1.29 is 9.84 Å². The van der Waals surface area contributed by atoms with Gasteiger partial charge in [0.15, 0.2) is 0 Å². The van der Waals surface area contributed by atoms with Crippen LogP contribution in [0.1, 0.15) is 56.6 Å². The maximum atomic E-state index is 9.69. The molecule has 0 spiro atoms. The largest absolute Gasteiger partial charge is 0.395 e. The van der Waals surface area contributed by atoms with Gasteiger partial charge in [0.1, 0.15) is 12.1 Å². The summed E-state index contributed by atoms with van der Waals surface area (Å²) in [4.78, 5) is 11.4. The van der Waals surface area contributed by atoms with Crippen LogP contribution in [0.4, 0.5) is 5.82 Å². The predicted octanol–water partition coefficient (Wildman–Crippen LogP) is 3.00. The summed E-state index contributed by atoms with van der Waals surface area (Å²) in [6.45, 7) is 3.50. The van der Waals surface area contributed by atoms with Crippen LogP contribution in [-0.2, 0) is 4.74 Å². The summed E-state index contributed by atoms with van der Waals surface area (Å²) < 4.78 is 5.54. The molecule has 1 aromatic rings. The Kier molecular flexibility index (Phi) is 4.40. The second kappa shape index (κ2) is 6.75. The van der Waals surface area contributed by atoms with Crippen molar-refractivity contribution in [3.8, 4) is 0 Å². The first kappa shape index (κ1) is 16.9. The molecule has 5 heteroatoms. The summed E-state index contributed by atoms with van der Waals surface area (Å²) in [6, 6.07) is 2.15. The molecule has 1 atom stereocenters. The Labute approximate surface area is 156 Å². The molecule has 5 fully saturated rings. The lowest BCUT2D eigenvalue weighted by Crippen LogP contribution is -2.51. The quantitative estimate of drug-likeness (QED) is 0.848. The topological polar surface area (TPSA) is 58.5 Å². The lowest BCUT2D eigenvalue weighted by molar-refractivity contribution is -0.0479. The van der Waals surface area contributed by atoms with Crippen molar-refractivity contribution in [2.75, 3.05) is 37.8 Å². The molecule has 2 heterocycles. The third-order valence-electron chi connectivity index (χ3n) is 7.41. The first-order chi connectivity index (χ1) is 12.7. The van der Waals surface area contributed by atoms with Gasteiger partial charge in [0.05, 0.1) is 18.9 Å². The lowest BCUT2D eigenvalue weighted by Gasteiger charge is -2.58. The van der Waals surface area contributed by atoms with Crippen LogP contribution in [0.5, 0.6) is 0 Å². The van der Waals surface area contributed by atoms with Gasteiger partial charge in [-0.2, -0.15) is 0 Å². The van der Waals surface area contributed by atoms with Gasteiger partial charge >= 0.3 is 0 Å². The normalized spacial score (nSPS) is 38.0. The van der Waals surface area contributed by atoms with Crippen LogP contribution in [0, 0.1) is 23.2 Å². The molecular weight excluding hydrogens is 326 g/mol. The molecule has 1 N–H and O–H groups in total. The van der Waals surface area contributed by atoms with Crippen LogP contribution in [0.15, 0.2) is 12.4 Å². The molecule has 1 aromatic heterocycles. The molecular formula is C21H31N3O2. The molecule has 0 aromatic carbocycles. The molecule has 142 valence electrons. The molecule has 6 rings (SSSR count). The number of anilines is 1. The minimum Gasteiger partial charge on any atom is -0.395 e. The van der Waals surface area contributed by atoms with Crippen molar-refractivity contribution in [1.82, 2.24) is 9.97 Å². The average molecular weight is 357 g/mol. The van der Waals surface area contributed by atoms with Gasteiger partial charge in [-0.3, -0.25) is 0 Å². The number of rotatable bonds is 6. The molecule has 0 radical (unpaired) electrons. The van der Waals surface area contributed by atoms with E-state index in [9.17, 15) is 5.11 Å². The molecule has 5 aliphatic rings. The number of hydrogen-bond acceptors (Lipinski definition) is 5. The van der Waals surface area contributed by atoms with E-state index in [1.165, 1.54) is 38.5 Å². The molecule has 1 aliphatic heterocycles. The maximum absolute atomic E-state index is 9.69. The minimum absolute atomic E-state index is 0.179. The molecule has 0 amide bonds. The van der Waals surface area contributed by atoms with E-state index in [4.69, 9.17) is 4.74 Å². The summed E-state index contributed by atoms with van der Waals surface area (Å²) in [5, 5.41) is 9.69. The molecule has 4 bridgehead atoms. The molecule has 0 unspecified atom stereocenters. The number of ether oxygens (including phenoxy) is 1. The van der Waals surface area contributed by atoms with Gasteiger partial charge < -0.3 is 14.7 Å². The van der Waals surface area contributed by atoms with Crippen LogP contribution in [0.3, 0.4) is 0 Å². The van der Waals surface area contributed by atoms with Gasteiger partial charge in [-0.15, -0.1) is 0 Å². The molecule has 4 saturated carbocycles. The lowest BCUT2D eigenvalue weighted by atomic mass is 9.49. The third-order valence-corrected chi connectivity index (χ3v) is 7.41. The highest BCUT2D eigenvalue weighted by atomic mass is 16.5. The van der Waals surface area contributed by atoms with E-state index in [1.54, 1.807) is 6.33 Å². The number of aliphatic hydroxyl groups is 1. The van der Waals surface area contributed by atoms with Gasteiger partial charge in [-0.25, -0.2) is 9.97 Å². The van der Waals surface area contributed by atoms with Crippen LogP contribution in [0.25, 0.3) is 0 Å². The van der Waals surface area contributed by atoms with Crippen LogP contribution >= 0.6 is 0 Å². The smallest absolute Gasteiger partial charge is 0.132 e. The highest BCUT2D eigenvalue weighted by Gasteiger charge is 2.51. The van der Waals surface area contributed by atoms with Crippen molar-refractivity contribution in [2.24, 2.45) is 23.2 Å². The standard InChI is InChI=1S/C21H31N3O2/c25-3-2-24(20-8-19(22-14-23-20)18-1-4-26-12-18)13-21-9-15-5-16(10-21)7-17(6-15)11-21/h8,14-18,25H,1-7,9-13H2/t15?,16?,17?,18-,21?/m0/s1. The van der Waals surface area contributed by atoms with E-state index in [-0.39, 0.29) is 6.61 Å². The Balaban J connectivity index is 1.38. The first-order valence-electron chi connectivity index (χ1n) is 10.5. The SMILES string of the molecule is OCCN(CC12CC3CC(CC(C3)C1)C2)c1cc([C@H]2CCOC2)ncn1. The fourth-order valence-corrected chi connectivity index (χ4v) is 6.81. The van der Waals surface area contributed by atoms with Gasteiger partial charge in [0.25, 0.3) is 0 Å². The summed E-state index contributed by atoms with van der Waals surface area (Å²) >= 11 is 0. The minimum atomic E-state index is 0.179. The summed E-state index contributed by atoms with van der Waals surface area (Å²) in [5.41, 5.74) is 1.55. The first-order valence-corrected chi connectivity index (χ1v) is 10.5. The number of aliphatic hydroxyl groups excluding tert-OH is 1. The Morgan fingerprint density at radius 2 is 1.85 bits per heavy atom. The zero-order valence-corrected chi connectivity index (χ0v) is 15.6. The van der Waals surface area contributed by atoms with Crippen molar-refractivity contribution in [1.29, 1.82) is 0 Å². The predicted molar refractivity (Wildman–Crippen MR) is 100 cm³/mol. The number of aromatic nitrogens is 2. The average Bonchev–Trinajstić information content (AvgIpc) is 3.15. The Morgan fingerprint density at radius 3 is 2.46 bits per heavy atom. The summed E-state index contributed by atoms with van der Waals surface area (Å²) in [6.07, 6.45) is 11.3. The fraction of sp³-hybridized carbons (Fsp3) is 0.810. The van der Waals surface area contributed by atoms with E-state index in [0.717, 1.165) is 55.4 Å². The second-order valence-corrected chi connectivity index (χ2v) is 9.42. The van der Waals surface area contributed by atoms with Crippen LogP contribution in [-0.4, -0.2) is 48.0 Å². The Morgan fingerprint density at radius 1 is 1.12 bits per heavy atom. The Hall–Kier alpha value is -1.20. The molecule has 1 saturated heterocycles. The van der Waals surface area contributed by atoms with Crippen molar-refractivity contribution >= 4 is 5.82 Å². The van der Waals surface area contributed by atoms with Gasteiger partial charge in [-0.05, 0) is 68.1 Å². The highest BCUT2D eigenvalue weighted by Crippen LogP contribution is 2.60. The van der Waals surface area contributed by atoms with E-state index >= 15 is 0 Å². The van der Waals surface area contributed by atoms with Crippen molar-refractivity contribution in [2.45, 2.75) is 50.9 Å². The third kappa shape index (κ3) is 3.13. The van der Waals surface area contributed by atoms with E-state index in [0.29, 0.717) is 17.9 Å².